The quantitative estimate of drug-likeness (QED) is 0.255. The van der Waals surface area contributed by atoms with Gasteiger partial charge in [0.05, 0.1) is 12.0 Å². The molecule has 0 aliphatic carbocycles. The van der Waals surface area contributed by atoms with Gasteiger partial charge in [-0.15, -0.1) is 0 Å². The Balaban J connectivity index is 1.33. The fourth-order valence-electron chi connectivity index (χ4n) is 5.19. The third kappa shape index (κ3) is 8.64. The van der Waals surface area contributed by atoms with Gasteiger partial charge < -0.3 is 14.4 Å². The standard InChI is InChI=1S/C31H39N3O6S2/c1-32(42(37,38)29-11-7-4-8-12-29)21-26(27-16-20-41-24-27)13-17-33-18-14-28(15-19-33)34(22-30(35)39-2)31(36)40-23-25-9-5-3-6-10-25/h3-12,16,20,24,26,28H,13-15,17-19,21-23H2,1-2H3/t26-/m1/s1. The molecule has 4 rings (SSSR count). The van der Waals surface area contributed by atoms with Crippen molar-refractivity contribution in [2.45, 2.75) is 42.7 Å². The summed E-state index contributed by atoms with van der Waals surface area (Å²) in [6.07, 6.45) is 1.66. The monoisotopic (exact) mass is 613 g/mol. The number of esters is 1. The third-order valence-corrected chi connectivity index (χ3v) is 10.2. The van der Waals surface area contributed by atoms with E-state index < -0.39 is 22.1 Å². The molecule has 2 heterocycles. The van der Waals surface area contributed by atoms with Crippen molar-refractivity contribution in [2.24, 2.45) is 0 Å². The van der Waals surface area contributed by atoms with Gasteiger partial charge >= 0.3 is 12.1 Å². The van der Waals surface area contributed by atoms with E-state index >= 15 is 0 Å². The van der Waals surface area contributed by atoms with Crippen molar-refractivity contribution >= 4 is 33.4 Å². The van der Waals surface area contributed by atoms with Crippen molar-refractivity contribution in [2.75, 3.05) is 46.9 Å². The zero-order valence-electron chi connectivity index (χ0n) is 24.1. The van der Waals surface area contributed by atoms with Crippen LogP contribution < -0.4 is 0 Å². The molecule has 0 bridgehead atoms. The van der Waals surface area contributed by atoms with Crippen molar-refractivity contribution in [3.63, 3.8) is 0 Å². The molecule has 11 heteroatoms. The van der Waals surface area contributed by atoms with Gasteiger partial charge in [-0.25, -0.2) is 17.5 Å². The molecule has 0 N–H and O–H groups in total. The highest BCUT2D eigenvalue weighted by Gasteiger charge is 2.31. The lowest BCUT2D eigenvalue weighted by molar-refractivity contribution is -0.142. The Morgan fingerprint density at radius 1 is 1.02 bits per heavy atom. The summed E-state index contributed by atoms with van der Waals surface area (Å²) in [6.45, 7) is 2.66. The van der Waals surface area contributed by atoms with E-state index in [0.29, 0.717) is 19.4 Å². The number of carbonyl (C=O) groups excluding carboxylic acids is 2. The van der Waals surface area contributed by atoms with Gasteiger partial charge in [-0.1, -0.05) is 48.5 Å². The van der Waals surface area contributed by atoms with Crippen molar-refractivity contribution in [1.29, 1.82) is 0 Å². The molecule has 0 unspecified atom stereocenters. The summed E-state index contributed by atoms with van der Waals surface area (Å²) < 4.78 is 38.2. The van der Waals surface area contributed by atoms with Gasteiger partial charge in [0, 0.05) is 32.7 Å². The van der Waals surface area contributed by atoms with Crippen molar-refractivity contribution in [3.8, 4) is 0 Å². The van der Waals surface area contributed by atoms with Crippen LogP contribution in [0.1, 0.15) is 36.3 Å². The lowest BCUT2D eigenvalue weighted by Crippen LogP contribution is -2.49. The van der Waals surface area contributed by atoms with Crippen LogP contribution >= 0.6 is 11.3 Å². The molecule has 1 aliphatic heterocycles. The first-order valence-electron chi connectivity index (χ1n) is 14.1. The van der Waals surface area contributed by atoms with Gasteiger partial charge in [-0.2, -0.15) is 11.3 Å². The minimum atomic E-state index is -3.59. The predicted octanol–water partition coefficient (Wildman–Crippen LogP) is 4.82. The highest BCUT2D eigenvalue weighted by molar-refractivity contribution is 7.89. The van der Waals surface area contributed by atoms with Crippen LogP contribution in [0, 0.1) is 0 Å². The van der Waals surface area contributed by atoms with E-state index in [0.717, 1.165) is 37.2 Å². The summed E-state index contributed by atoms with van der Waals surface area (Å²) in [4.78, 5) is 29.2. The maximum Gasteiger partial charge on any atom is 0.410 e. The molecule has 1 aliphatic rings. The number of hydrogen-bond acceptors (Lipinski definition) is 8. The van der Waals surface area contributed by atoms with E-state index in [2.05, 4.69) is 16.3 Å². The summed E-state index contributed by atoms with van der Waals surface area (Å²) in [7, 11) is -0.643. The molecule has 42 heavy (non-hydrogen) atoms. The van der Waals surface area contributed by atoms with E-state index in [1.165, 1.54) is 16.3 Å². The number of piperidine rings is 1. The summed E-state index contributed by atoms with van der Waals surface area (Å²) in [5, 5.41) is 4.11. The number of thiophene rings is 1. The van der Waals surface area contributed by atoms with Crippen LogP contribution in [0.2, 0.25) is 0 Å². The molecule has 1 aromatic heterocycles. The van der Waals surface area contributed by atoms with E-state index in [1.54, 1.807) is 48.7 Å². The fourth-order valence-corrected chi connectivity index (χ4v) is 7.17. The second kappa shape index (κ2) is 15.3. The Hall–Kier alpha value is -3.25. The normalized spacial score (nSPS) is 15.3. The molecule has 0 spiro atoms. The minimum absolute atomic E-state index is 0.0428. The summed E-state index contributed by atoms with van der Waals surface area (Å²) in [5.41, 5.74) is 2.01. The topological polar surface area (TPSA) is 96.5 Å². The summed E-state index contributed by atoms with van der Waals surface area (Å²) >= 11 is 1.61. The number of sulfonamides is 1. The number of ether oxygens (including phenoxy) is 2. The van der Waals surface area contributed by atoms with Gasteiger partial charge in [0.15, 0.2) is 0 Å². The fraction of sp³-hybridized carbons (Fsp3) is 0.419. The molecule has 2 aromatic carbocycles. The van der Waals surface area contributed by atoms with Crippen molar-refractivity contribution < 1.29 is 27.5 Å². The molecule has 1 atom stereocenters. The smallest absolute Gasteiger partial charge is 0.410 e. The molecule has 1 saturated heterocycles. The lowest BCUT2D eigenvalue weighted by Gasteiger charge is -2.38. The van der Waals surface area contributed by atoms with E-state index in [1.807, 2.05) is 35.7 Å². The number of benzene rings is 2. The van der Waals surface area contributed by atoms with Crippen LogP contribution in [-0.4, -0.2) is 87.5 Å². The molecule has 9 nitrogen and oxygen atoms in total. The maximum atomic E-state index is 13.2. The molecule has 0 radical (unpaired) electrons. The van der Waals surface area contributed by atoms with Crippen LogP contribution in [-0.2, 0) is 30.9 Å². The number of hydrogen-bond donors (Lipinski definition) is 0. The third-order valence-electron chi connectivity index (χ3n) is 7.70. The second-order valence-corrected chi connectivity index (χ2v) is 13.3. The zero-order valence-corrected chi connectivity index (χ0v) is 25.8. The Labute approximate surface area is 252 Å². The molecule has 0 saturated carbocycles. The number of rotatable bonds is 13. The first kappa shape index (κ1) is 31.7. The highest BCUT2D eigenvalue weighted by Crippen LogP contribution is 2.27. The molecule has 3 aromatic rings. The Kier molecular flexibility index (Phi) is 11.5. The first-order chi connectivity index (χ1) is 20.3. The van der Waals surface area contributed by atoms with Gasteiger partial charge in [0.2, 0.25) is 10.0 Å². The Morgan fingerprint density at radius 2 is 1.69 bits per heavy atom. The highest BCUT2D eigenvalue weighted by atomic mass is 32.2. The van der Waals surface area contributed by atoms with E-state index in [-0.39, 0.29) is 30.0 Å². The van der Waals surface area contributed by atoms with Gasteiger partial charge in [0.1, 0.15) is 13.2 Å². The Bertz CT molecular complexity index is 1360. The van der Waals surface area contributed by atoms with Crippen LogP contribution in [0.4, 0.5) is 4.79 Å². The SMILES string of the molecule is COC(=O)CN(C(=O)OCc1ccccc1)C1CCN(CC[C@H](CN(C)S(=O)(=O)c2ccccc2)c2ccsc2)CC1. The summed E-state index contributed by atoms with van der Waals surface area (Å²) in [6, 6.07) is 19.9. The molecular weight excluding hydrogens is 574 g/mol. The van der Waals surface area contributed by atoms with Crippen LogP contribution in [0.3, 0.4) is 0 Å². The van der Waals surface area contributed by atoms with Crippen molar-refractivity contribution in [3.05, 3.63) is 88.6 Å². The molecule has 1 fully saturated rings. The minimum Gasteiger partial charge on any atom is -0.468 e. The van der Waals surface area contributed by atoms with E-state index in [9.17, 15) is 18.0 Å². The zero-order chi connectivity index (χ0) is 30.0. The second-order valence-electron chi connectivity index (χ2n) is 10.5. The van der Waals surface area contributed by atoms with Gasteiger partial charge in [0.25, 0.3) is 0 Å². The molecular formula is C31H39N3O6S2. The number of likely N-dealkylation sites (N-methyl/N-ethyl adjacent to an activating group) is 1. The Morgan fingerprint density at radius 3 is 2.31 bits per heavy atom. The number of likely N-dealkylation sites (tertiary alicyclic amines) is 1. The number of carbonyl (C=O) groups is 2. The first-order valence-corrected chi connectivity index (χ1v) is 16.5. The number of nitrogens with zero attached hydrogens (tertiary/aromatic N) is 3. The predicted molar refractivity (Wildman–Crippen MR) is 163 cm³/mol. The number of methoxy groups -OCH3 is 1. The average Bonchev–Trinajstić information content (AvgIpc) is 3.57. The van der Waals surface area contributed by atoms with E-state index in [4.69, 9.17) is 9.47 Å². The maximum absolute atomic E-state index is 13.2. The molecule has 226 valence electrons. The van der Waals surface area contributed by atoms with Gasteiger partial charge in [-0.05, 0) is 71.8 Å². The van der Waals surface area contributed by atoms with Crippen LogP contribution in [0.25, 0.3) is 0 Å². The molecule has 1 amide bonds. The van der Waals surface area contributed by atoms with Crippen LogP contribution in [0.15, 0.2) is 82.4 Å². The largest absolute Gasteiger partial charge is 0.468 e. The van der Waals surface area contributed by atoms with Gasteiger partial charge in [-0.3, -0.25) is 9.69 Å². The lowest BCUT2D eigenvalue weighted by atomic mass is 9.97. The van der Waals surface area contributed by atoms with Crippen molar-refractivity contribution in [1.82, 2.24) is 14.1 Å². The van der Waals surface area contributed by atoms with Crippen LogP contribution in [0.5, 0.6) is 0 Å². The average molecular weight is 614 g/mol. The summed E-state index contributed by atoms with van der Waals surface area (Å²) in [5.74, 6) is -0.441. The number of amides is 1.